The number of pyridine rings is 1. The van der Waals surface area contributed by atoms with Gasteiger partial charge in [-0.05, 0) is 17.7 Å². The first-order valence-electron chi connectivity index (χ1n) is 6.80. The summed E-state index contributed by atoms with van der Waals surface area (Å²) in [6.07, 6.45) is 3.45. The molecule has 3 aromatic rings. The molecule has 0 aliphatic rings. The summed E-state index contributed by atoms with van der Waals surface area (Å²) in [5.41, 5.74) is 2.30. The number of fused-ring (bicyclic) bond motifs is 1. The largest absolute Gasteiger partial charge is 0.481 e. The van der Waals surface area contributed by atoms with E-state index in [9.17, 15) is 4.79 Å². The zero-order valence-electron chi connectivity index (χ0n) is 11.8. The Balaban J connectivity index is 2.11. The smallest absolute Gasteiger partial charge is 0.305 e. The minimum atomic E-state index is -0.880. The van der Waals surface area contributed by atoms with Crippen molar-refractivity contribution in [2.45, 2.75) is 6.42 Å². The van der Waals surface area contributed by atoms with E-state index in [2.05, 4.69) is 20.5 Å². The number of hydrogen-bond acceptors (Lipinski definition) is 4. The molecule has 3 rings (SSSR count). The van der Waals surface area contributed by atoms with Crippen molar-refractivity contribution in [1.29, 1.82) is 0 Å². The van der Waals surface area contributed by atoms with Crippen LogP contribution in [-0.2, 0) is 4.79 Å². The third-order valence-corrected chi connectivity index (χ3v) is 4.12. The van der Waals surface area contributed by atoms with Crippen LogP contribution in [0.2, 0.25) is 10.0 Å². The maximum absolute atomic E-state index is 10.6. The van der Waals surface area contributed by atoms with Gasteiger partial charge < -0.3 is 10.4 Å². The topological polar surface area (TPSA) is 90.9 Å². The highest BCUT2D eigenvalue weighted by Crippen LogP contribution is 2.36. The molecule has 0 unspecified atom stereocenters. The minimum Gasteiger partial charge on any atom is -0.481 e. The van der Waals surface area contributed by atoms with Gasteiger partial charge in [0.15, 0.2) is 0 Å². The predicted molar refractivity (Wildman–Crippen MR) is 90.1 cm³/mol. The summed E-state index contributed by atoms with van der Waals surface area (Å²) in [5.74, 6) is -0.353. The molecule has 0 atom stereocenters. The number of carbonyl (C=O) groups is 1. The molecule has 2 heterocycles. The van der Waals surface area contributed by atoms with Crippen LogP contribution in [0.3, 0.4) is 0 Å². The molecule has 0 saturated carbocycles. The maximum Gasteiger partial charge on any atom is 0.305 e. The quantitative estimate of drug-likeness (QED) is 0.650. The molecular weight excluding hydrogens is 339 g/mol. The molecule has 0 aliphatic heterocycles. The molecule has 0 saturated heterocycles. The fourth-order valence-corrected chi connectivity index (χ4v) is 2.62. The third kappa shape index (κ3) is 3.23. The van der Waals surface area contributed by atoms with Crippen LogP contribution in [0.25, 0.3) is 22.0 Å². The van der Waals surface area contributed by atoms with Gasteiger partial charge in [-0.1, -0.05) is 29.3 Å². The highest BCUT2D eigenvalue weighted by Gasteiger charge is 2.13. The van der Waals surface area contributed by atoms with Crippen molar-refractivity contribution in [1.82, 2.24) is 15.2 Å². The number of H-pyrrole nitrogens is 1. The molecular formula is C15H12Cl2N4O2. The van der Waals surface area contributed by atoms with Crippen LogP contribution in [-0.4, -0.2) is 32.8 Å². The summed E-state index contributed by atoms with van der Waals surface area (Å²) in [5, 5.41) is 20.1. The molecule has 0 spiro atoms. The van der Waals surface area contributed by atoms with Crippen LogP contribution in [0.4, 0.5) is 5.82 Å². The lowest BCUT2D eigenvalue weighted by Crippen LogP contribution is -2.08. The Bertz CT molecular complexity index is 866. The molecule has 2 aromatic heterocycles. The number of aromatic nitrogens is 3. The average Bonchev–Trinajstić information content (AvgIpc) is 3.04. The van der Waals surface area contributed by atoms with Gasteiger partial charge in [0, 0.05) is 23.7 Å². The van der Waals surface area contributed by atoms with Crippen molar-refractivity contribution >= 4 is 45.9 Å². The number of carboxylic acids is 1. The molecule has 6 nitrogen and oxygen atoms in total. The molecule has 1 aromatic carbocycles. The van der Waals surface area contributed by atoms with E-state index >= 15 is 0 Å². The highest BCUT2D eigenvalue weighted by molar-refractivity contribution is 6.45. The lowest BCUT2D eigenvalue weighted by atomic mass is 10.0. The first-order chi connectivity index (χ1) is 11.1. The summed E-state index contributed by atoms with van der Waals surface area (Å²) in [6.45, 7) is 0.261. The number of anilines is 1. The highest BCUT2D eigenvalue weighted by atomic mass is 35.5. The lowest BCUT2D eigenvalue weighted by molar-refractivity contribution is -0.136. The second-order valence-electron chi connectivity index (χ2n) is 4.87. The third-order valence-electron chi connectivity index (χ3n) is 3.33. The summed E-state index contributed by atoms with van der Waals surface area (Å²) in [4.78, 5) is 15.1. The van der Waals surface area contributed by atoms with E-state index in [1.54, 1.807) is 18.5 Å². The average molecular weight is 351 g/mol. The van der Waals surface area contributed by atoms with E-state index < -0.39 is 5.97 Å². The fourth-order valence-electron chi connectivity index (χ4n) is 2.26. The normalized spacial score (nSPS) is 10.9. The molecule has 0 fully saturated rings. The van der Waals surface area contributed by atoms with Gasteiger partial charge in [-0.25, -0.2) is 4.98 Å². The molecule has 23 heavy (non-hydrogen) atoms. The van der Waals surface area contributed by atoms with Crippen LogP contribution in [0.1, 0.15) is 6.42 Å². The van der Waals surface area contributed by atoms with Crippen molar-refractivity contribution in [3.8, 4) is 11.1 Å². The van der Waals surface area contributed by atoms with Crippen molar-refractivity contribution < 1.29 is 9.90 Å². The molecule has 0 aliphatic carbocycles. The van der Waals surface area contributed by atoms with E-state index in [-0.39, 0.29) is 13.0 Å². The monoisotopic (exact) mass is 350 g/mol. The van der Waals surface area contributed by atoms with Crippen molar-refractivity contribution in [3.63, 3.8) is 0 Å². The zero-order chi connectivity index (χ0) is 16.4. The van der Waals surface area contributed by atoms with E-state index in [0.717, 1.165) is 16.5 Å². The van der Waals surface area contributed by atoms with E-state index in [1.165, 1.54) is 0 Å². The number of benzene rings is 1. The zero-order valence-corrected chi connectivity index (χ0v) is 13.3. The number of hydrogen-bond donors (Lipinski definition) is 3. The SMILES string of the molecule is O=C(O)CCNc1cc(-c2cn[nH]c2)c2ccc(Cl)c(Cl)c2n1. The van der Waals surface area contributed by atoms with Crippen LogP contribution in [0.15, 0.2) is 30.6 Å². The second-order valence-corrected chi connectivity index (χ2v) is 5.66. The molecule has 8 heteroatoms. The van der Waals surface area contributed by atoms with Crippen molar-refractivity contribution in [2.75, 3.05) is 11.9 Å². The molecule has 118 valence electrons. The van der Waals surface area contributed by atoms with Gasteiger partial charge in [-0.3, -0.25) is 9.89 Å². The van der Waals surface area contributed by atoms with Crippen molar-refractivity contribution in [2.24, 2.45) is 0 Å². The number of nitrogens with zero attached hydrogens (tertiary/aromatic N) is 2. The Morgan fingerprint density at radius 1 is 1.35 bits per heavy atom. The van der Waals surface area contributed by atoms with Gasteiger partial charge >= 0.3 is 5.97 Å². The van der Waals surface area contributed by atoms with Gasteiger partial charge in [-0.15, -0.1) is 0 Å². The van der Waals surface area contributed by atoms with Crippen LogP contribution < -0.4 is 5.32 Å². The van der Waals surface area contributed by atoms with Gasteiger partial charge in [0.1, 0.15) is 5.82 Å². The summed E-state index contributed by atoms with van der Waals surface area (Å²) < 4.78 is 0. The Kier molecular flexibility index (Phi) is 4.36. The minimum absolute atomic E-state index is 0.00988. The molecule has 0 bridgehead atoms. The number of aliphatic carboxylic acids is 1. The Morgan fingerprint density at radius 2 is 2.17 bits per heavy atom. The summed E-state index contributed by atoms with van der Waals surface area (Å²) in [7, 11) is 0. The number of carboxylic acid groups (broad SMARTS) is 1. The van der Waals surface area contributed by atoms with Crippen molar-refractivity contribution in [3.05, 3.63) is 40.6 Å². The Labute approximate surface area is 141 Å². The number of aromatic amines is 1. The second kappa shape index (κ2) is 6.44. The summed E-state index contributed by atoms with van der Waals surface area (Å²) >= 11 is 12.4. The summed E-state index contributed by atoms with van der Waals surface area (Å²) in [6, 6.07) is 5.40. The fraction of sp³-hybridized carbons (Fsp3) is 0.133. The van der Waals surface area contributed by atoms with Gasteiger partial charge in [0.25, 0.3) is 0 Å². The number of halogens is 2. The van der Waals surface area contributed by atoms with Gasteiger partial charge in [0.05, 0.1) is 28.2 Å². The van der Waals surface area contributed by atoms with E-state index in [4.69, 9.17) is 28.3 Å². The van der Waals surface area contributed by atoms with E-state index in [1.807, 2.05) is 12.1 Å². The molecule has 3 N–H and O–H groups in total. The van der Waals surface area contributed by atoms with Crippen LogP contribution >= 0.6 is 23.2 Å². The standard InChI is InChI=1S/C15H12Cl2N4O2/c16-11-2-1-9-10(8-6-19-20-7-8)5-12(18-4-3-13(22)23)21-15(9)14(11)17/h1-2,5-7H,3-4H2,(H,18,21)(H,19,20)(H,22,23). The molecule has 0 radical (unpaired) electrons. The molecule has 0 amide bonds. The van der Waals surface area contributed by atoms with Gasteiger partial charge in [-0.2, -0.15) is 5.10 Å². The number of rotatable bonds is 5. The first kappa shape index (κ1) is 15.6. The van der Waals surface area contributed by atoms with E-state index in [0.29, 0.717) is 21.4 Å². The first-order valence-corrected chi connectivity index (χ1v) is 7.55. The number of nitrogens with one attached hydrogen (secondary N) is 2. The van der Waals surface area contributed by atoms with Crippen LogP contribution in [0.5, 0.6) is 0 Å². The predicted octanol–water partition coefficient (Wildman–Crippen LogP) is 3.82. The Morgan fingerprint density at radius 3 is 2.87 bits per heavy atom. The van der Waals surface area contributed by atoms with Crippen LogP contribution in [0, 0.1) is 0 Å². The lowest BCUT2D eigenvalue weighted by Gasteiger charge is -2.11. The maximum atomic E-state index is 10.6. The van der Waals surface area contributed by atoms with Gasteiger partial charge in [0.2, 0.25) is 0 Å². The Hall–Kier alpha value is -2.31.